The van der Waals surface area contributed by atoms with Crippen molar-refractivity contribution in [2.45, 2.75) is 6.92 Å². The van der Waals surface area contributed by atoms with Crippen LogP contribution in [0, 0.1) is 0 Å². The molecule has 1 fully saturated rings. The van der Waals surface area contributed by atoms with Crippen LogP contribution in [0.1, 0.15) is 12.5 Å². The maximum Gasteiger partial charge on any atom is 0.266 e. The van der Waals surface area contributed by atoms with E-state index in [1.54, 1.807) is 48.5 Å². The van der Waals surface area contributed by atoms with Crippen molar-refractivity contribution in [3.8, 4) is 11.5 Å². The van der Waals surface area contributed by atoms with Gasteiger partial charge in [0, 0.05) is 11.3 Å². The molecule has 1 aliphatic rings. The normalized spacial score (nSPS) is 15.2. The van der Waals surface area contributed by atoms with Crippen molar-refractivity contribution in [1.29, 1.82) is 0 Å². The highest BCUT2D eigenvalue weighted by molar-refractivity contribution is 8.26. The summed E-state index contributed by atoms with van der Waals surface area (Å²) in [6.07, 6.45) is 1.57. The molecule has 28 heavy (non-hydrogen) atoms. The number of amides is 2. The number of hydrogen-bond acceptors (Lipinski definition) is 6. The Morgan fingerprint density at radius 1 is 1.25 bits per heavy atom. The summed E-state index contributed by atoms with van der Waals surface area (Å²) in [6, 6.07) is 13.7. The molecule has 1 heterocycles. The lowest BCUT2D eigenvalue weighted by atomic mass is 10.2. The number of hydrogen-bond donors (Lipinski definition) is 2. The fourth-order valence-corrected chi connectivity index (χ4v) is 3.78. The molecule has 0 radical (unpaired) electrons. The zero-order valence-corrected chi connectivity index (χ0v) is 16.7. The number of ether oxygens (including phenoxy) is 1. The summed E-state index contributed by atoms with van der Waals surface area (Å²) in [7, 11) is 0. The number of phenolic OH excluding ortho intramolecular Hbond substituents is 1. The number of carbonyl (C=O) groups excluding carboxylic acids is 2. The van der Waals surface area contributed by atoms with E-state index in [1.807, 2.05) is 6.92 Å². The Bertz CT molecular complexity index is 941. The zero-order valence-electron chi connectivity index (χ0n) is 15.0. The first-order valence-corrected chi connectivity index (χ1v) is 9.76. The molecule has 8 heteroatoms. The third kappa shape index (κ3) is 4.71. The smallest absolute Gasteiger partial charge is 0.266 e. The lowest BCUT2D eigenvalue weighted by Gasteiger charge is -2.14. The van der Waals surface area contributed by atoms with Crippen LogP contribution in [0.2, 0.25) is 0 Å². The molecule has 0 atom stereocenters. The average Bonchev–Trinajstić information content (AvgIpc) is 2.93. The predicted octanol–water partition coefficient (Wildman–Crippen LogP) is 3.63. The zero-order chi connectivity index (χ0) is 20.1. The minimum Gasteiger partial charge on any atom is -0.507 e. The number of phenols is 1. The van der Waals surface area contributed by atoms with E-state index in [-0.39, 0.29) is 24.1 Å². The minimum absolute atomic E-state index is 0.0704. The van der Waals surface area contributed by atoms with Crippen LogP contribution in [0.4, 0.5) is 5.69 Å². The number of para-hydroxylation sites is 1. The van der Waals surface area contributed by atoms with Gasteiger partial charge in [0.25, 0.3) is 5.91 Å². The molecule has 1 aliphatic heterocycles. The number of aromatic hydroxyl groups is 1. The SMILES string of the molecule is CCOc1ccc(NC(=O)CN2C(=O)/C(=C/c3ccccc3O)SC2=S)cc1. The first-order valence-electron chi connectivity index (χ1n) is 8.54. The van der Waals surface area contributed by atoms with Crippen molar-refractivity contribution < 1.29 is 19.4 Å². The summed E-state index contributed by atoms with van der Waals surface area (Å²) in [5.41, 5.74) is 1.12. The van der Waals surface area contributed by atoms with E-state index < -0.39 is 0 Å². The Morgan fingerprint density at radius 2 is 1.96 bits per heavy atom. The van der Waals surface area contributed by atoms with Gasteiger partial charge in [0.05, 0.1) is 11.5 Å². The average molecular weight is 415 g/mol. The summed E-state index contributed by atoms with van der Waals surface area (Å²) in [4.78, 5) is 26.5. The number of thiocarbonyl (C=S) groups is 1. The van der Waals surface area contributed by atoms with E-state index in [0.29, 0.717) is 32.8 Å². The van der Waals surface area contributed by atoms with Gasteiger partial charge in [0.2, 0.25) is 5.91 Å². The summed E-state index contributed by atoms with van der Waals surface area (Å²) in [5, 5.41) is 12.6. The number of benzene rings is 2. The van der Waals surface area contributed by atoms with Gasteiger partial charge in [0.15, 0.2) is 0 Å². The molecule has 0 aromatic heterocycles. The molecule has 0 unspecified atom stereocenters. The van der Waals surface area contributed by atoms with Crippen LogP contribution < -0.4 is 10.1 Å². The molecule has 6 nitrogen and oxygen atoms in total. The van der Waals surface area contributed by atoms with Gasteiger partial charge in [-0.1, -0.05) is 42.2 Å². The lowest BCUT2D eigenvalue weighted by molar-refractivity contribution is -0.126. The van der Waals surface area contributed by atoms with Crippen LogP contribution in [-0.4, -0.2) is 39.3 Å². The summed E-state index contributed by atoms with van der Waals surface area (Å²) in [6.45, 7) is 2.27. The van der Waals surface area contributed by atoms with Crippen molar-refractivity contribution in [3.05, 3.63) is 59.0 Å². The summed E-state index contributed by atoms with van der Waals surface area (Å²) in [5.74, 6) is 0.0668. The molecule has 0 saturated carbocycles. The highest BCUT2D eigenvalue weighted by Gasteiger charge is 2.33. The Kier molecular flexibility index (Phi) is 6.33. The van der Waals surface area contributed by atoms with E-state index in [9.17, 15) is 14.7 Å². The van der Waals surface area contributed by atoms with Crippen LogP contribution >= 0.6 is 24.0 Å². The Morgan fingerprint density at radius 3 is 2.64 bits per heavy atom. The standard InChI is InChI=1S/C20H18N2O4S2/c1-2-26-15-9-7-14(8-10-15)21-18(24)12-22-19(25)17(28-20(22)27)11-13-5-3-4-6-16(13)23/h3-11,23H,2,12H2,1H3,(H,21,24)/b17-11-. The Balaban J connectivity index is 1.65. The van der Waals surface area contributed by atoms with Crippen molar-refractivity contribution in [3.63, 3.8) is 0 Å². The van der Waals surface area contributed by atoms with E-state index >= 15 is 0 Å². The largest absolute Gasteiger partial charge is 0.507 e. The predicted molar refractivity (Wildman–Crippen MR) is 114 cm³/mol. The molecule has 0 aliphatic carbocycles. The van der Waals surface area contributed by atoms with Gasteiger partial charge in [-0.2, -0.15) is 0 Å². The molecular formula is C20H18N2O4S2. The van der Waals surface area contributed by atoms with Gasteiger partial charge in [-0.3, -0.25) is 14.5 Å². The topological polar surface area (TPSA) is 78.9 Å². The second-order valence-corrected chi connectivity index (χ2v) is 7.51. The molecular weight excluding hydrogens is 396 g/mol. The van der Waals surface area contributed by atoms with Gasteiger partial charge in [-0.05, 0) is 43.3 Å². The maximum absolute atomic E-state index is 12.6. The van der Waals surface area contributed by atoms with Crippen molar-refractivity contribution >= 4 is 51.9 Å². The number of thioether (sulfide) groups is 1. The highest BCUT2D eigenvalue weighted by Crippen LogP contribution is 2.33. The molecule has 144 valence electrons. The van der Waals surface area contributed by atoms with Crippen LogP contribution in [0.3, 0.4) is 0 Å². The van der Waals surface area contributed by atoms with E-state index in [0.717, 1.165) is 11.8 Å². The van der Waals surface area contributed by atoms with Gasteiger partial charge in [0.1, 0.15) is 22.4 Å². The fraction of sp³-hybridized carbons (Fsp3) is 0.150. The van der Waals surface area contributed by atoms with Crippen molar-refractivity contribution in [2.75, 3.05) is 18.5 Å². The second-order valence-electron chi connectivity index (χ2n) is 5.83. The Labute approximate surface area is 172 Å². The molecule has 0 spiro atoms. The molecule has 1 saturated heterocycles. The fourth-order valence-electron chi connectivity index (χ4n) is 2.53. The third-order valence-corrected chi connectivity index (χ3v) is 5.23. The molecule has 2 aromatic carbocycles. The minimum atomic E-state index is -0.361. The highest BCUT2D eigenvalue weighted by atomic mass is 32.2. The van der Waals surface area contributed by atoms with Crippen LogP contribution in [0.25, 0.3) is 6.08 Å². The quantitative estimate of drug-likeness (QED) is 0.555. The first kappa shape index (κ1) is 19.9. The van der Waals surface area contributed by atoms with Gasteiger partial charge in [-0.25, -0.2) is 0 Å². The Hall–Kier alpha value is -2.84. The molecule has 2 aromatic rings. The molecule has 2 N–H and O–H groups in total. The molecule has 3 rings (SSSR count). The van der Waals surface area contributed by atoms with E-state index in [2.05, 4.69) is 5.32 Å². The molecule has 2 amide bonds. The van der Waals surface area contributed by atoms with Gasteiger partial charge in [-0.15, -0.1) is 0 Å². The van der Waals surface area contributed by atoms with Crippen LogP contribution in [0.15, 0.2) is 53.4 Å². The summed E-state index contributed by atoms with van der Waals surface area (Å²) < 4.78 is 5.66. The van der Waals surface area contributed by atoms with E-state index in [4.69, 9.17) is 17.0 Å². The lowest BCUT2D eigenvalue weighted by Crippen LogP contribution is -2.36. The maximum atomic E-state index is 12.6. The van der Waals surface area contributed by atoms with Crippen molar-refractivity contribution in [1.82, 2.24) is 4.90 Å². The number of nitrogens with one attached hydrogen (secondary N) is 1. The van der Waals surface area contributed by atoms with Gasteiger partial charge < -0.3 is 15.2 Å². The second kappa shape index (κ2) is 8.90. The molecule has 0 bridgehead atoms. The van der Waals surface area contributed by atoms with E-state index in [1.165, 1.54) is 11.0 Å². The first-order chi connectivity index (χ1) is 13.5. The summed E-state index contributed by atoms with van der Waals surface area (Å²) >= 11 is 6.34. The van der Waals surface area contributed by atoms with Crippen LogP contribution in [0.5, 0.6) is 11.5 Å². The number of nitrogens with zero attached hydrogens (tertiary/aromatic N) is 1. The third-order valence-electron chi connectivity index (χ3n) is 3.85. The van der Waals surface area contributed by atoms with Gasteiger partial charge >= 0.3 is 0 Å². The number of anilines is 1. The number of carbonyl (C=O) groups is 2. The van der Waals surface area contributed by atoms with Crippen molar-refractivity contribution in [2.24, 2.45) is 0 Å². The number of rotatable bonds is 6. The van der Waals surface area contributed by atoms with Crippen LogP contribution in [-0.2, 0) is 9.59 Å². The monoisotopic (exact) mass is 414 g/mol.